The number of hydrogen-bond acceptors (Lipinski definition) is 4. The van der Waals surface area contributed by atoms with Crippen LogP contribution in [0.2, 0.25) is 0 Å². The second-order valence-corrected chi connectivity index (χ2v) is 8.65. The van der Waals surface area contributed by atoms with E-state index < -0.39 is 12.1 Å². The smallest absolute Gasteiger partial charge is 0.337 e. The van der Waals surface area contributed by atoms with Gasteiger partial charge < -0.3 is 9.84 Å². The SMILES string of the molecule is C[C@@]12CCC(=O)C1=CC1=C(C(=O)OCc3ccccc3)[C@H](O)C=C[C@]1(C)CC2. The van der Waals surface area contributed by atoms with Crippen molar-refractivity contribution in [2.75, 3.05) is 0 Å². The molecule has 0 heterocycles. The van der Waals surface area contributed by atoms with Gasteiger partial charge in [-0.25, -0.2) is 4.79 Å². The quantitative estimate of drug-likeness (QED) is 0.637. The summed E-state index contributed by atoms with van der Waals surface area (Å²) in [6.07, 6.45) is 7.62. The Morgan fingerprint density at radius 2 is 1.93 bits per heavy atom. The Kier molecular flexibility index (Phi) is 4.62. The molecule has 4 heteroatoms. The fourth-order valence-electron chi connectivity index (χ4n) is 4.64. The van der Waals surface area contributed by atoms with Crippen LogP contribution in [0.4, 0.5) is 0 Å². The van der Waals surface area contributed by atoms with Gasteiger partial charge in [-0.2, -0.15) is 0 Å². The summed E-state index contributed by atoms with van der Waals surface area (Å²) in [6.45, 7) is 4.36. The third kappa shape index (κ3) is 3.16. The number of benzene rings is 1. The topological polar surface area (TPSA) is 63.6 Å². The van der Waals surface area contributed by atoms with Gasteiger partial charge in [0, 0.05) is 17.4 Å². The standard InChI is InChI=1S/C24H26O4/c1-23-10-8-19(25)17(23)14-18-21(20(26)9-11-24(18,2)13-12-23)22(27)28-15-16-6-4-3-5-7-16/h3-7,9,11,14,20,26H,8,10,12-13,15H2,1-2H3/t20-,23+,24-/m1/s1. The molecule has 1 saturated carbocycles. The van der Waals surface area contributed by atoms with Gasteiger partial charge in [-0.15, -0.1) is 0 Å². The van der Waals surface area contributed by atoms with Crippen molar-refractivity contribution in [2.24, 2.45) is 10.8 Å². The van der Waals surface area contributed by atoms with E-state index in [1.807, 2.05) is 42.5 Å². The molecule has 4 rings (SSSR count). The van der Waals surface area contributed by atoms with Crippen molar-refractivity contribution in [3.05, 3.63) is 70.8 Å². The number of ketones is 1. The summed E-state index contributed by atoms with van der Waals surface area (Å²) in [5, 5.41) is 10.6. The highest BCUT2D eigenvalue weighted by Crippen LogP contribution is 2.53. The molecule has 3 aliphatic rings. The van der Waals surface area contributed by atoms with E-state index in [0.29, 0.717) is 6.42 Å². The summed E-state index contributed by atoms with van der Waals surface area (Å²) in [7, 11) is 0. The molecule has 4 nitrogen and oxygen atoms in total. The number of carbonyl (C=O) groups excluding carboxylic acids is 2. The van der Waals surface area contributed by atoms with E-state index in [0.717, 1.165) is 36.0 Å². The van der Waals surface area contributed by atoms with Gasteiger partial charge in [-0.05, 0) is 35.8 Å². The van der Waals surface area contributed by atoms with Crippen LogP contribution in [0.25, 0.3) is 0 Å². The molecule has 0 saturated heterocycles. The lowest BCUT2D eigenvalue weighted by Gasteiger charge is -2.34. The highest BCUT2D eigenvalue weighted by Gasteiger charge is 2.46. The maximum absolute atomic E-state index is 13.0. The molecular weight excluding hydrogens is 352 g/mol. The normalized spacial score (nSPS) is 31.8. The zero-order valence-electron chi connectivity index (χ0n) is 16.4. The van der Waals surface area contributed by atoms with Crippen LogP contribution >= 0.6 is 0 Å². The second-order valence-electron chi connectivity index (χ2n) is 8.65. The van der Waals surface area contributed by atoms with Gasteiger partial charge in [0.25, 0.3) is 0 Å². The molecule has 3 atom stereocenters. The van der Waals surface area contributed by atoms with Crippen LogP contribution in [0.15, 0.2) is 65.3 Å². The maximum Gasteiger partial charge on any atom is 0.337 e. The van der Waals surface area contributed by atoms with E-state index in [9.17, 15) is 14.7 Å². The second kappa shape index (κ2) is 6.85. The zero-order chi connectivity index (χ0) is 19.9. The van der Waals surface area contributed by atoms with Gasteiger partial charge in [0.05, 0.1) is 5.57 Å². The first kappa shape index (κ1) is 18.9. The Balaban J connectivity index is 1.73. The molecule has 1 N–H and O–H groups in total. The highest BCUT2D eigenvalue weighted by molar-refractivity contribution is 6.00. The van der Waals surface area contributed by atoms with E-state index in [4.69, 9.17) is 4.74 Å². The van der Waals surface area contributed by atoms with Gasteiger partial charge >= 0.3 is 5.97 Å². The van der Waals surface area contributed by atoms with Crippen molar-refractivity contribution in [3.63, 3.8) is 0 Å². The van der Waals surface area contributed by atoms with E-state index in [2.05, 4.69) is 13.8 Å². The molecular formula is C24H26O4. The van der Waals surface area contributed by atoms with Crippen molar-refractivity contribution in [3.8, 4) is 0 Å². The minimum Gasteiger partial charge on any atom is -0.457 e. The lowest BCUT2D eigenvalue weighted by Crippen LogP contribution is -2.30. The molecule has 0 bridgehead atoms. The number of hydrogen-bond donors (Lipinski definition) is 1. The Labute approximate surface area is 165 Å². The Bertz CT molecular complexity index is 908. The summed E-state index contributed by atoms with van der Waals surface area (Å²) < 4.78 is 5.53. The number of allylic oxidation sites excluding steroid dienone is 4. The summed E-state index contributed by atoms with van der Waals surface area (Å²) in [5.41, 5.74) is 2.14. The number of rotatable bonds is 3. The lowest BCUT2D eigenvalue weighted by atomic mass is 9.71. The molecule has 28 heavy (non-hydrogen) atoms. The molecule has 3 aliphatic carbocycles. The predicted octanol–water partition coefficient (Wildman–Crippen LogP) is 4.05. The van der Waals surface area contributed by atoms with E-state index in [1.54, 1.807) is 6.08 Å². The van der Waals surface area contributed by atoms with Crippen LogP contribution < -0.4 is 0 Å². The third-order valence-corrected chi connectivity index (χ3v) is 6.62. The summed E-state index contributed by atoms with van der Waals surface area (Å²) in [5.74, 6) is -0.367. The lowest BCUT2D eigenvalue weighted by molar-refractivity contribution is -0.141. The summed E-state index contributed by atoms with van der Waals surface area (Å²) in [6, 6.07) is 9.47. The molecule has 0 radical (unpaired) electrons. The van der Waals surface area contributed by atoms with E-state index in [1.165, 1.54) is 0 Å². The number of aliphatic hydroxyl groups excluding tert-OH is 1. The molecule has 0 aromatic heterocycles. The third-order valence-electron chi connectivity index (χ3n) is 6.62. The van der Waals surface area contributed by atoms with Crippen LogP contribution in [0.1, 0.15) is 45.1 Å². The summed E-state index contributed by atoms with van der Waals surface area (Å²) >= 11 is 0. The molecule has 1 fully saturated rings. The van der Waals surface area contributed by atoms with Crippen LogP contribution in [0.3, 0.4) is 0 Å². The monoisotopic (exact) mass is 378 g/mol. The number of esters is 1. The molecule has 0 unspecified atom stereocenters. The zero-order valence-corrected chi connectivity index (χ0v) is 16.4. The van der Waals surface area contributed by atoms with E-state index in [-0.39, 0.29) is 28.8 Å². The van der Waals surface area contributed by atoms with Crippen molar-refractivity contribution in [2.45, 2.75) is 52.2 Å². The van der Waals surface area contributed by atoms with Gasteiger partial charge in [0.2, 0.25) is 0 Å². The predicted molar refractivity (Wildman–Crippen MR) is 106 cm³/mol. The molecule has 146 valence electrons. The molecule has 0 aliphatic heterocycles. The van der Waals surface area contributed by atoms with Gasteiger partial charge in [0.15, 0.2) is 5.78 Å². The van der Waals surface area contributed by atoms with Gasteiger partial charge in [0.1, 0.15) is 12.7 Å². The van der Waals surface area contributed by atoms with Crippen molar-refractivity contribution < 1.29 is 19.4 Å². The fraction of sp³-hybridized carbons (Fsp3) is 0.417. The van der Waals surface area contributed by atoms with E-state index >= 15 is 0 Å². The Hall–Kier alpha value is -2.46. The Morgan fingerprint density at radius 1 is 1.18 bits per heavy atom. The van der Waals surface area contributed by atoms with Gasteiger partial charge in [-0.3, -0.25) is 4.79 Å². The minimum atomic E-state index is -1.02. The molecule has 1 aromatic carbocycles. The first-order valence-corrected chi connectivity index (χ1v) is 9.91. The van der Waals surface area contributed by atoms with Crippen molar-refractivity contribution in [1.29, 1.82) is 0 Å². The maximum atomic E-state index is 13.0. The average Bonchev–Trinajstić information content (AvgIpc) is 2.90. The van der Waals surface area contributed by atoms with Crippen LogP contribution in [0.5, 0.6) is 0 Å². The van der Waals surface area contributed by atoms with Crippen LogP contribution in [0, 0.1) is 10.8 Å². The minimum absolute atomic E-state index is 0.150. The van der Waals surface area contributed by atoms with Crippen LogP contribution in [-0.4, -0.2) is 23.0 Å². The van der Waals surface area contributed by atoms with Crippen molar-refractivity contribution in [1.82, 2.24) is 0 Å². The first-order valence-electron chi connectivity index (χ1n) is 9.91. The highest BCUT2D eigenvalue weighted by atomic mass is 16.5. The average molecular weight is 378 g/mol. The number of fused-ring (bicyclic) bond motifs is 2. The first-order chi connectivity index (χ1) is 13.3. The fourth-order valence-corrected chi connectivity index (χ4v) is 4.64. The number of carbonyl (C=O) groups is 2. The number of aliphatic hydroxyl groups is 1. The van der Waals surface area contributed by atoms with Crippen LogP contribution in [-0.2, 0) is 20.9 Å². The summed E-state index contributed by atoms with van der Waals surface area (Å²) in [4.78, 5) is 25.5. The van der Waals surface area contributed by atoms with Crippen molar-refractivity contribution >= 4 is 11.8 Å². The molecule has 1 aromatic rings. The molecule has 0 amide bonds. The molecule has 0 spiro atoms. The van der Waals surface area contributed by atoms with Gasteiger partial charge in [-0.1, -0.05) is 62.4 Å². The Morgan fingerprint density at radius 3 is 2.68 bits per heavy atom. The number of Topliss-reactive ketones (excluding diaryl/α,β-unsaturated/α-hetero) is 1. The largest absolute Gasteiger partial charge is 0.457 e. The number of ether oxygens (including phenoxy) is 1.